The molecule has 2 heteroatoms. The van der Waals surface area contributed by atoms with Gasteiger partial charge in [0, 0.05) is 16.6 Å². The van der Waals surface area contributed by atoms with Crippen LogP contribution in [0.25, 0.3) is 22.2 Å². The molecule has 0 radical (unpaired) electrons. The van der Waals surface area contributed by atoms with Crippen molar-refractivity contribution in [2.75, 3.05) is 6.54 Å². The number of aromatic amines is 1. The van der Waals surface area contributed by atoms with Crippen LogP contribution in [0.5, 0.6) is 0 Å². The van der Waals surface area contributed by atoms with Gasteiger partial charge >= 0.3 is 0 Å². The van der Waals surface area contributed by atoms with Gasteiger partial charge in [-0.2, -0.15) is 0 Å². The van der Waals surface area contributed by atoms with E-state index in [2.05, 4.69) is 63.0 Å². The molecule has 2 nitrogen and oxygen atoms in total. The first-order valence-corrected chi connectivity index (χ1v) is 8.90. The molecule has 3 rings (SSSR count). The summed E-state index contributed by atoms with van der Waals surface area (Å²) in [4.78, 5) is 3.71. The third-order valence-corrected chi connectivity index (χ3v) is 4.73. The van der Waals surface area contributed by atoms with E-state index in [0.29, 0.717) is 0 Å². The number of H-pyrrole nitrogens is 1. The van der Waals surface area contributed by atoms with Crippen LogP contribution >= 0.6 is 0 Å². The Hall–Kier alpha value is -2.06. The van der Waals surface area contributed by atoms with Crippen molar-refractivity contribution < 1.29 is 0 Å². The van der Waals surface area contributed by atoms with Gasteiger partial charge in [-0.15, -0.1) is 0 Å². The fourth-order valence-electron chi connectivity index (χ4n) is 3.86. The maximum Gasteiger partial charge on any atom is 0.0497 e. The molecule has 0 amide bonds. The molecular formula is C22H28N2. The van der Waals surface area contributed by atoms with Gasteiger partial charge in [-0.05, 0) is 94.0 Å². The van der Waals surface area contributed by atoms with Gasteiger partial charge in [0.05, 0.1) is 0 Å². The van der Waals surface area contributed by atoms with E-state index in [1.165, 1.54) is 50.0 Å². The van der Waals surface area contributed by atoms with Crippen LogP contribution in [0.3, 0.4) is 0 Å². The second-order valence-electron chi connectivity index (χ2n) is 7.11. The van der Waals surface area contributed by atoms with Crippen LogP contribution in [0.15, 0.2) is 30.3 Å². The Kier molecular flexibility index (Phi) is 4.77. The van der Waals surface area contributed by atoms with E-state index in [0.717, 1.165) is 25.8 Å². The summed E-state index contributed by atoms with van der Waals surface area (Å²) in [5.74, 6) is 0. The SMILES string of the molecule is Cc1cc(C)cc(-c2[nH]c3cc(C)cc(C)c3c2CCCCN)c1. The molecule has 0 bridgehead atoms. The number of unbranched alkanes of at least 4 members (excludes halogenated alkanes) is 1. The van der Waals surface area contributed by atoms with Gasteiger partial charge in [-0.25, -0.2) is 0 Å². The number of aromatic nitrogens is 1. The molecule has 0 saturated heterocycles. The number of hydrogen-bond donors (Lipinski definition) is 2. The molecule has 24 heavy (non-hydrogen) atoms. The zero-order valence-electron chi connectivity index (χ0n) is 15.3. The van der Waals surface area contributed by atoms with E-state index in [4.69, 9.17) is 5.73 Å². The Bertz CT molecular complexity index is 851. The highest BCUT2D eigenvalue weighted by Crippen LogP contribution is 2.35. The van der Waals surface area contributed by atoms with E-state index in [9.17, 15) is 0 Å². The van der Waals surface area contributed by atoms with E-state index >= 15 is 0 Å². The smallest absolute Gasteiger partial charge is 0.0497 e. The fourth-order valence-corrected chi connectivity index (χ4v) is 3.86. The number of aryl methyl sites for hydroxylation is 5. The predicted molar refractivity (Wildman–Crippen MR) is 105 cm³/mol. The topological polar surface area (TPSA) is 41.8 Å². The highest BCUT2D eigenvalue weighted by atomic mass is 14.7. The first-order valence-electron chi connectivity index (χ1n) is 8.90. The number of nitrogens with two attached hydrogens (primary N) is 1. The van der Waals surface area contributed by atoms with Crippen molar-refractivity contribution in [3.05, 3.63) is 58.1 Å². The molecule has 1 aromatic heterocycles. The number of hydrogen-bond acceptors (Lipinski definition) is 1. The minimum absolute atomic E-state index is 0.763. The molecular weight excluding hydrogens is 292 g/mol. The van der Waals surface area contributed by atoms with Crippen LogP contribution in [0.2, 0.25) is 0 Å². The van der Waals surface area contributed by atoms with Crippen molar-refractivity contribution in [2.24, 2.45) is 5.73 Å². The molecule has 0 unspecified atom stereocenters. The molecule has 3 aromatic rings. The third kappa shape index (κ3) is 3.25. The standard InChI is InChI=1S/C22H28N2/c1-14-9-15(2)12-18(11-14)22-19(7-5-6-8-23)21-17(4)10-16(3)13-20(21)24-22/h9-13,24H,5-8,23H2,1-4H3. The number of rotatable bonds is 5. The van der Waals surface area contributed by atoms with Crippen molar-refractivity contribution in [3.8, 4) is 11.3 Å². The summed E-state index contributed by atoms with van der Waals surface area (Å²) in [7, 11) is 0. The fraction of sp³-hybridized carbons (Fsp3) is 0.364. The summed E-state index contributed by atoms with van der Waals surface area (Å²) in [5, 5.41) is 1.40. The minimum Gasteiger partial charge on any atom is -0.354 e. The van der Waals surface area contributed by atoms with E-state index < -0.39 is 0 Å². The van der Waals surface area contributed by atoms with E-state index in [1.54, 1.807) is 0 Å². The minimum atomic E-state index is 0.763. The first kappa shape index (κ1) is 16.8. The van der Waals surface area contributed by atoms with Crippen LogP contribution in [0.4, 0.5) is 0 Å². The molecule has 0 aliphatic carbocycles. The van der Waals surface area contributed by atoms with Crippen molar-refractivity contribution in [2.45, 2.75) is 47.0 Å². The van der Waals surface area contributed by atoms with Gasteiger partial charge in [0.2, 0.25) is 0 Å². The van der Waals surface area contributed by atoms with E-state index in [1.807, 2.05) is 0 Å². The first-order chi connectivity index (χ1) is 11.5. The van der Waals surface area contributed by atoms with Crippen LogP contribution in [-0.4, -0.2) is 11.5 Å². The monoisotopic (exact) mass is 320 g/mol. The van der Waals surface area contributed by atoms with Gasteiger partial charge in [0.1, 0.15) is 0 Å². The van der Waals surface area contributed by atoms with Gasteiger partial charge < -0.3 is 10.7 Å². The maximum absolute atomic E-state index is 5.71. The second-order valence-corrected chi connectivity index (χ2v) is 7.11. The van der Waals surface area contributed by atoms with Gasteiger partial charge in [0.15, 0.2) is 0 Å². The Morgan fingerprint density at radius 1 is 0.833 bits per heavy atom. The quantitative estimate of drug-likeness (QED) is 0.611. The van der Waals surface area contributed by atoms with Crippen molar-refractivity contribution >= 4 is 10.9 Å². The van der Waals surface area contributed by atoms with Gasteiger partial charge in [-0.1, -0.05) is 23.3 Å². The summed E-state index contributed by atoms with van der Waals surface area (Å²) >= 11 is 0. The summed E-state index contributed by atoms with van der Waals surface area (Å²) in [6, 6.07) is 11.4. The molecule has 1 heterocycles. The zero-order chi connectivity index (χ0) is 17.3. The van der Waals surface area contributed by atoms with Crippen LogP contribution in [-0.2, 0) is 6.42 Å². The lowest BCUT2D eigenvalue weighted by atomic mass is 9.96. The summed E-state index contributed by atoms with van der Waals surface area (Å²) < 4.78 is 0. The number of nitrogens with one attached hydrogen (secondary N) is 1. The average Bonchev–Trinajstić information content (AvgIpc) is 2.85. The highest BCUT2D eigenvalue weighted by Gasteiger charge is 2.15. The molecule has 0 atom stereocenters. The van der Waals surface area contributed by atoms with Gasteiger partial charge in [-0.3, -0.25) is 0 Å². The number of benzene rings is 2. The summed E-state index contributed by atoms with van der Waals surface area (Å²) in [5.41, 5.74) is 16.3. The molecule has 0 fully saturated rings. The largest absolute Gasteiger partial charge is 0.354 e. The number of fused-ring (bicyclic) bond motifs is 1. The Balaban J connectivity index is 2.21. The van der Waals surface area contributed by atoms with Crippen LogP contribution < -0.4 is 5.73 Å². The van der Waals surface area contributed by atoms with Crippen molar-refractivity contribution in [1.82, 2.24) is 4.98 Å². The molecule has 3 N–H and O–H groups in total. The highest BCUT2D eigenvalue weighted by molar-refractivity contribution is 5.93. The Morgan fingerprint density at radius 2 is 1.50 bits per heavy atom. The Labute approximate surface area is 145 Å². The Morgan fingerprint density at radius 3 is 2.17 bits per heavy atom. The molecule has 0 aliphatic rings. The molecule has 0 aliphatic heterocycles. The molecule has 0 saturated carbocycles. The maximum atomic E-state index is 5.71. The third-order valence-electron chi connectivity index (χ3n) is 4.73. The molecule has 0 spiro atoms. The normalized spacial score (nSPS) is 11.4. The molecule has 2 aromatic carbocycles. The second kappa shape index (κ2) is 6.82. The average molecular weight is 320 g/mol. The predicted octanol–water partition coefficient (Wildman–Crippen LogP) is 5.35. The summed E-state index contributed by atoms with van der Waals surface area (Å²) in [6.07, 6.45) is 3.28. The van der Waals surface area contributed by atoms with Crippen LogP contribution in [0, 0.1) is 27.7 Å². The summed E-state index contributed by atoms with van der Waals surface area (Å²) in [6.45, 7) is 9.49. The lowest BCUT2D eigenvalue weighted by Gasteiger charge is -2.08. The van der Waals surface area contributed by atoms with Crippen LogP contribution in [0.1, 0.15) is 40.7 Å². The van der Waals surface area contributed by atoms with E-state index in [-0.39, 0.29) is 0 Å². The lowest BCUT2D eigenvalue weighted by Crippen LogP contribution is -1.99. The lowest BCUT2D eigenvalue weighted by molar-refractivity contribution is 0.748. The zero-order valence-corrected chi connectivity index (χ0v) is 15.3. The molecule has 126 valence electrons. The van der Waals surface area contributed by atoms with Gasteiger partial charge in [0.25, 0.3) is 0 Å². The van der Waals surface area contributed by atoms with Crippen molar-refractivity contribution in [1.29, 1.82) is 0 Å². The van der Waals surface area contributed by atoms with Crippen molar-refractivity contribution in [3.63, 3.8) is 0 Å².